The summed E-state index contributed by atoms with van der Waals surface area (Å²) in [5, 5.41) is -0.477. The molecule has 19 heavy (non-hydrogen) atoms. The molecule has 0 bridgehead atoms. The summed E-state index contributed by atoms with van der Waals surface area (Å²) in [5.41, 5.74) is 6.36. The van der Waals surface area contributed by atoms with Crippen molar-refractivity contribution in [2.45, 2.75) is 19.1 Å². The maximum absolute atomic E-state index is 11.7. The van der Waals surface area contributed by atoms with Crippen molar-refractivity contribution in [1.29, 1.82) is 0 Å². The highest BCUT2D eigenvalue weighted by Gasteiger charge is 2.17. The molecule has 1 aromatic rings. The summed E-state index contributed by atoms with van der Waals surface area (Å²) in [4.78, 5) is 11.7. The Bertz CT molecular complexity index is 569. The van der Waals surface area contributed by atoms with Crippen molar-refractivity contribution in [3.63, 3.8) is 0 Å². The molecule has 0 radical (unpaired) electrons. The molecule has 0 saturated heterocycles. The molecule has 1 aromatic carbocycles. The first kappa shape index (κ1) is 16.0. The summed E-state index contributed by atoms with van der Waals surface area (Å²) >= 11 is 3.22. The van der Waals surface area contributed by atoms with E-state index in [0.29, 0.717) is 15.7 Å². The average molecular weight is 350 g/mol. The molecule has 0 aliphatic heterocycles. The third-order valence-electron chi connectivity index (χ3n) is 2.55. The van der Waals surface area contributed by atoms with Gasteiger partial charge in [-0.05, 0) is 48.0 Å². The number of sulfone groups is 1. The van der Waals surface area contributed by atoms with E-state index in [9.17, 15) is 13.2 Å². The monoisotopic (exact) mass is 349 g/mol. The summed E-state index contributed by atoms with van der Waals surface area (Å²) in [6.45, 7) is 3.02. The second-order valence-corrected chi connectivity index (χ2v) is 7.82. The summed E-state index contributed by atoms with van der Waals surface area (Å²) in [6, 6.07) is 4.67. The highest BCUT2D eigenvalue weighted by molar-refractivity contribution is 9.10. The predicted octanol–water partition coefficient (Wildman–Crippen LogP) is 2.01. The molecule has 0 fully saturated rings. The lowest BCUT2D eigenvalue weighted by Crippen LogP contribution is -2.22. The van der Waals surface area contributed by atoms with Gasteiger partial charge >= 0.3 is 5.97 Å². The smallest absolute Gasteiger partial charge is 0.338 e. The fourth-order valence-electron chi connectivity index (χ4n) is 1.24. The van der Waals surface area contributed by atoms with Crippen LogP contribution in [-0.2, 0) is 14.6 Å². The lowest BCUT2D eigenvalue weighted by molar-refractivity contribution is 0.0529. The molecule has 0 amide bonds. The Balaban J connectivity index is 2.59. The minimum absolute atomic E-state index is 0.157. The van der Waals surface area contributed by atoms with E-state index in [1.165, 1.54) is 6.07 Å². The van der Waals surface area contributed by atoms with Gasteiger partial charge in [0.1, 0.15) is 6.61 Å². The molecule has 106 valence electrons. The Morgan fingerprint density at radius 2 is 2.05 bits per heavy atom. The first-order chi connectivity index (χ1) is 8.74. The standard InChI is InChI=1S/C12H16BrNO4S/c1-8(2)19(16,17)6-5-18-12(15)9-3-4-10(13)11(14)7-9/h3-4,7-8H,5-6,14H2,1-2H3. The van der Waals surface area contributed by atoms with Crippen LogP contribution in [0.3, 0.4) is 0 Å². The SMILES string of the molecule is CC(C)S(=O)(=O)CCOC(=O)c1ccc(Br)c(N)c1. The van der Waals surface area contributed by atoms with Crippen molar-refractivity contribution in [2.24, 2.45) is 0 Å². The van der Waals surface area contributed by atoms with Crippen LogP contribution in [0, 0.1) is 0 Å². The first-order valence-electron chi connectivity index (χ1n) is 5.68. The molecule has 0 aliphatic carbocycles. The normalized spacial score (nSPS) is 11.6. The van der Waals surface area contributed by atoms with Crippen molar-refractivity contribution in [1.82, 2.24) is 0 Å². The summed E-state index contributed by atoms with van der Waals surface area (Å²) in [6.07, 6.45) is 0. The highest BCUT2D eigenvalue weighted by atomic mass is 79.9. The van der Waals surface area contributed by atoms with E-state index in [1.54, 1.807) is 26.0 Å². The molecule has 0 unspecified atom stereocenters. The van der Waals surface area contributed by atoms with Crippen LogP contribution in [0.1, 0.15) is 24.2 Å². The fourth-order valence-corrected chi connectivity index (χ4v) is 2.27. The van der Waals surface area contributed by atoms with E-state index in [0.717, 1.165) is 0 Å². The van der Waals surface area contributed by atoms with Gasteiger partial charge in [0.05, 0.1) is 16.6 Å². The molecule has 5 nitrogen and oxygen atoms in total. The minimum atomic E-state index is -3.20. The number of nitrogen functional groups attached to an aromatic ring is 1. The van der Waals surface area contributed by atoms with Gasteiger partial charge in [-0.2, -0.15) is 0 Å². The van der Waals surface area contributed by atoms with Crippen molar-refractivity contribution >= 4 is 37.4 Å². The first-order valence-corrected chi connectivity index (χ1v) is 8.18. The van der Waals surface area contributed by atoms with E-state index in [2.05, 4.69) is 15.9 Å². The Kier molecular flexibility index (Phi) is 5.37. The van der Waals surface area contributed by atoms with Gasteiger partial charge < -0.3 is 10.5 Å². The van der Waals surface area contributed by atoms with Crippen LogP contribution in [0.2, 0.25) is 0 Å². The van der Waals surface area contributed by atoms with Gasteiger partial charge in [0.2, 0.25) is 0 Å². The lowest BCUT2D eigenvalue weighted by Gasteiger charge is -2.09. The van der Waals surface area contributed by atoms with Crippen LogP contribution in [0.25, 0.3) is 0 Å². The Labute approximate surface area is 121 Å². The van der Waals surface area contributed by atoms with Gasteiger partial charge in [-0.3, -0.25) is 0 Å². The second kappa shape index (κ2) is 6.38. The van der Waals surface area contributed by atoms with Crippen LogP contribution in [0.4, 0.5) is 5.69 Å². The van der Waals surface area contributed by atoms with E-state index in [4.69, 9.17) is 10.5 Å². The molecule has 0 saturated carbocycles. The van der Waals surface area contributed by atoms with Crippen LogP contribution < -0.4 is 5.73 Å². The zero-order valence-corrected chi connectivity index (χ0v) is 13.1. The second-order valence-electron chi connectivity index (χ2n) is 4.29. The van der Waals surface area contributed by atoms with Crippen LogP contribution in [0.5, 0.6) is 0 Å². The number of esters is 1. The molecule has 2 N–H and O–H groups in total. The fraction of sp³-hybridized carbons (Fsp3) is 0.417. The number of nitrogens with two attached hydrogens (primary N) is 1. The van der Waals surface area contributed by atoms with Gasteiger partial charge in [0.15, 0.2) is 9.84 Å². The predicted molar refractivity (Wildman–Crippen MR) is 77.8 cm³/mol. The van der Waals surface area contributed by atoms with Crippen molar-refractivity contribution in [3.8, 4) is 0 Å². The Morgan fingerprint density at radius 1 is 1.42 bits per heavy atom. The maximum Gasteiger partial charge on any atom is 0.338 e. The van der Waals surface area contributed by atoms with E-state index in [1.807, 2.05) is 0 Å². The van der Waals surface area contributed by atoms with Gasteiger partial charge in [0, 0.05) is 10.2 Å². The molecule has 7 heteroatoms. The Hall–Kier alpha value is -1.08. The van der Waals surface area contributed by atoms with Crippen LogP contribution in [-0.4, -0.2) is 32.0 Å². The molecule has 0 aromatic heterocycles. The number of rotatable bonds is 5. The van der Waals surface area contributed by atoms with Crippen molar-refractivity contribution in [2.75, 3.05) is 18.1 Å². The lowest BCUT2D eigenvalue weighted by atomic mass is 10.2. The number of ether oxygens (including phenoxy) is 1. The largest absolute Gasteiger partial charge is 0.461 e. The summed E-state index contributed by atoms with van der Waals surface area (Å²) in [7, 11) is -3.20. The molecule has 0 spiro atoms. The molecular formula is C12H16BrNO4S. The van der Waals surface area contributed by atoms with Gasteiger partial charge in [-0.1, -0.05) is 0 Å². The average Bonchev–Trinajstić information content (AvgIpc) is 2.32. The molecule has 0 atom stereocenters. The van der Waals surface area contributed by atoms with Gasteiger partial charge in [-0.15, -0.1) is 0 Å². The van der Waals surface area contributed by atoms with E-state index >= 15 is 0 Å². The maximum atomic E-state index is 11.7. The van der Waals surface area contributed by atoms with Gasteiger partial charge in [0.25, 0.3) is 0 Å². The molecule has 0 heterocycles. The Morgan fingerprint density at radius 3 is 2.58 bits per heavy atom. The minimum Gasteiger partial charge on any atom is -0.461 e. The highest BCUT2D eigenvalue weighted by Crippen LogP contribution is 2.20. The topological polar surface area (TPSA) is 86.5 Å². The summed E-state index contributed by atoms with van der Waals surface area (Å²) < 4.78 is 28.7. The van der Waals surface area contributed by atoms with Gasteiger partial charge in [-0.25, -0.2) is 13.2 Å². The molecular weight excluding hydrogens is 334 g/mol. The number of carbonyl (C=O) groups is 1. The van der Waals surface area contributed by atoms with E-state index in [-0.39, 0.29) is 12.4 Å². The third kappa shape index (κ3) is 4.50. The van der Waals surface area contributed by atoms with Crippen LogP contribution in [0.15, 0.2) is 22.7 Å². The molecule has 0 aliphatic rings. The van der Waals surface area contributed by atoms with Crippen molar-refractivity contribution in [3.05, 3.63) is 28.2 Å². The zero-order valence-electron chi connectivity index (χ0n) is 10.7. The number of hydrogen-bond acceptors (Lipinski definition) is 5. The number of anilines is 1. The molecule has 1 rings (SSSR count). The van der Waals surface area contributed by atoms with Crippen molar-refractivity contribution < 1.29 is 17.9 Å². The number of hydrogen-bond donors (Lipinski definition) is 1. The summed E-state index contributed by atoms with van der Waals surface area (Å²) in [5.74, 6) is -0.763. The number of benzene rings is 1. The number of carbonyl (C=O) groups excluding carboxylic acids is 1. The third-order valence-corrected chi connectivity index (χ3v) is 5.45. The number of halogens is 1. The van der Waals surface area contributed by atoms with E-state index < -0.39 is 21.1 Å². The van der Waals surface area contributed by atoms with Crippen LogP contribution >= 0.6 is 15.9 Å². The quantitative estimate of drug-likeness (QED) is 0.648. The zero-order chi connectivity index (χ0) is 14.6.